The first-order valence-electron chi connectivity index (χ1n) is 8.84. The summed E-state index contributed by atoms with van der Waals surface area (Å²) in [6, 6.07) is 9.78. The second kappa shape index (κ2) is 9.68. The van der Waals surface area contributed by atoms with Crippen molar-refractivity contribution < 1.29 is 42.1 Å². The molecule has 2 aromatic rings. The molecule has 0 aliphatic carbocycles. The fraction of sp³-hybridized carbons (Fsp3) is 0.250. The predicted octanol–water partition coefficient (Wildman–Crippen LogP) is 2.10. The Bertz CT molecular complexity index is 931. The van der Waals surface area contributed by atoms with E-state index in [9.17, 15) is 23.2 Å². The highest BCUT2D eigenvalue weighted by molar-refractivity contribution is 6.05. The highest BCUT2D eigenvalue weighted by Gasteiger charge is 2.16. The number of carbonyl (C=O) groups is 3. The standard InChI is InChI=1S/C20H17F2NO7/c21-20(22)30-14-4-2-13(3-5-14)19(26)23-17(24)11-29-18(25)10-12-1-6-15-16(9-12)28-8-7-27-15/h1-6,9,20H,7-8,10-11H2,(H,23,24,26). The Hall–Kier alpha value is -3.69. The highest BCUT2D eigenvalue weighted by atomic mass is 19.3. The van der Waals surface area contributed by atoms with E-state index in [1.165, 1.54) is 24.3 Å². The molecule has 0 unspecified atom stereocenters. The molecule has 2 amide bonds. The number of hydrogen-bond acceptors (Lipinski definition) is 7. The lowest BCUT2D eigenvalue weighted by molar-refractivity contribution is -0.147. The first-order chi connectivity index (χ1) is 14.4. The van der Waals surface area contributed by atoms with Gasteiger partial charge in [0.1, 0.15) is 19.0 Å². The zero-order valence-electron chi connectivity index (χ0n) is 15.6. The lowest BCUT2D eigenvalue weighted by atomic mass is 10.1. The Kier molecular flexibility index (Phi) is 6.79. The highest BCUT2D eigenvalue weighted by Crippen LogP contribution is 2.30. The molecule has 0 radical (unpaired) electrons. The third-order valence-corrected chi connectivity index (χ3v) is 3.91. The van der Waals surface area contributed by atoms with Crippen LogP contribution in [-0.2, 0) is 20.7 Å². The second-order valence-corrected chi connectivity index (χ2v) is 6.10. The van der Waals surface area contributed by atoms with Gasteiger partial charge in [0.2, 0.25) is 0 Å². The van der Waals surface area contributed by atoms with Gasteiger partial charge < -0.3 is 18.9 Å². The van der Waals surface area contributed by atoms with E-state index in [1.807, 2.05) is 5.32 Å². The summed E-state index contributed by atoms with van der Waals surface area (Å²) in [6.07, 6.45) is -0.0938. The summed E-state index contributed by atoms with van der Waals surface area (Å²) in [5, 5.41) is 2.04. The third-order valence-electron chi connectivity index (χ3n) is 3.91. The first kappa shape index (κ1) is 21.0. The van der Waals surface area contributed by atoms with E-state index in [-0.39, 0.29) is 17.7 Å². The Morgan fingerprint density at radius 2 is 1.70 bits per heavy atom. The van der Waals surface area contributed by atoms with Gasteiger partial charge in [-0.05, 0) is 42.0 Å². The zero-order chi connectivity index (χ0) is 21.5. The largest absolute Gasteiger partial charge is 0.486 e. The monoisotopic (exact) mass is 421 g/mol. The molecule has 0 saturated carbocycles. The zero-order valence-corrected chi connectivity index (χ0v) is 15.6. The van der Waals surface area contributed by atoms with Crippen molar-refractivity contribution in [3.8, 4) is 17.2 Å². The third kappa shape index (κ3) is 5.90. The molecule has 1 aliphatic heterocycles. The van der Waals surface area contributed by atoms with E-state index in [0.717, 1.165) is 0 Å². The van der Waals surface area contributed by atoms with Crippen LogP contribution in [0.25, 0.3) is 0 Å². The minimum atomic E-state index is -2.98. The molecule has 1 aliphatic rings. The predicted molar refractivity (Wildman–Crippen MR) is 97.6 cm³/mol. The topological polar surface area (TPSA) is 100 Å². The Morgan fingerprint density at radius 1 is 1.00 bits per heavy atom. The maximum Gasteiger partial charge on any atom is 0.387 e. The maximum absolute atomic E-state index is 12.1. The normalized spacial score (nSPS) is 12.2. The van der Waals surface area contributed by atoms with Crippen LogP contribution in [0.4, 0.5) is 8.78 Å². The van der Waals surface area contributed by atoms with Crippen molar-refractivity contribution in [3.05, 3.63) is 53.6 Å². The van der Waals surface area contributed by atoms with Crippen molar-refractivity contribution in [1.82, 2.24) is 5.32 Å². The van der Waals surface area contributed by atoms with E-state index >= 15 is 0 Å². The molecule has 1 N–H and O–H groups in total. The molecular weight excluding hydrogens is 404 g/mol. The number of halogens is 2. The molecule has 3 rings (SSSR count). The Labute approximate surface area is 169 Å². The quantitative estimate of drug-likeness (QED) is 0.684. The molecule has 158 valence electrons. The minimum absolute atomic E-state index is 0.0487. The number of imide groups is 1. The summed E-state index contributed by atoms with van der Waals surface area (Å²) in [4.78, 5) is 35.7. The molecule has 8 nitrogen and oxygen atoms in total. The average Bonchev–Trinajstić information content (AvgIpc) is 2.72. The number of ether oxygens (including phenoxy) is 4. The van der Waals surface area contributed by atoms with Gasteiger partial charge in [-0.25, -0.2) is 0 Å². The number of alkyl halides is 2. The molecule has 0 atom stereocenters. The molecule has 0 aromatic heterocycles. The van der Waals surface area contributed by atoms with E-state index in [1.54, 1.807) is 18.2 Å². The number of esters is 1. The smallest absolute Gasteiger partial charge is 0.387 e. The van der Waals surface area contributed by atoms with Crippen molar-refractivity contribution in [2.45, 2.75) is 13.0 Å². The Balaban J connectivity index is 1.44. The molecule has 0 spiro atoms. The van der Waals surface area contributed by atoms with Gasteiger partial charge in [-0.3, -0.25) is 19.7 Å². The fourth-order valence-electron chi connectivity index (χ4n) is 2.58. The number of nitrogens with one attached hydrogen (secondary N) is 1. The summed E-state index contributed by atoms with van der Waals surface area (Å²) >= 11 is 0. The van der Waals surface area contributed by atoms with Crippen molar-refractivity contribution in [3.63, 3.8) is 0 Å². The van der Waals surface area contributed by atoms with Gasteiger partial charge in [-0.15, -0.1) is 0 Å². The van der Waals surface area contributed by atoms with Crippen LogP contribution in [0.15, 0.2) is 42.5 Å². The van der Waals surface area contributed by atoms with Gasteiger partial charge in [0.05, 0.1) is 6.42 Å². The van der Waals surface area contributed by atoms with Gasteiger partial charge >= 0.3 is 12.6 Å². The van der Waals surface area contributed by atoms with Crippen LogP contribution in [0.3, 0.4) is 0 Å². The molecule has 0 fully saturated rings. The number of hydrogen-bond donors (Lipinski definition) is 1. The lowest BCUT2D eigenvalue weighted by Crippen LogP contribution is -2.34. The Morgan fingerprint density at radius 3 is 2.40 bits per heavy atom. The van der Waals surface area contributed by atoms with Crippen molar-refractivity contribution in [2.24, 2.45) is 0 Å². The second-order valence-electron chi connectivity index (χ2n) is 6.10. The van der Waals surface area contributed by atoms with E-state index < -0.39 is 31.0 Å². The van der Waals surface area contributed by atoms with Gasteiger partial charge in [-0.2, -0.15) is 8.78 Å². The van der Waals surface area contributed by atoms with Crippen LogP contribution >= 0.6 is 0 Å². The van der Waals surface area contributed by atoms with Crippen LogP contribution in [-0.4, -0.2) is 44.2 Å². The number of fused-ring (bicyclic) bond motifs is 1. The lowest BCUT2D eigenvalue weighted by Gasteiger charge is -2.18. The van der Waals surface area contributed by atoms with Gasteiger partial charge in [-0.1, -0.05) is 6.07 Å². The summed E-state index contributed by atoms with van der Waals surface area (Å²) in [5.41, 5.74) is 0.666. The summed E-state index contributed by atoms with van der Waals surface area (Å²) in [5.74, 6) is -1.27. The maximum atomic E-state index is 12.1. The molecule has 10 heteroatoms. The van der Waals surface area contributed by atoms with E-state index in [4.69, 9.17) is 14.2 Å². The summed E-state index contributed by atoms with van der Waals surface area (Å²) in [7, 11) is 0. The number of benzene rings is 2. The van der Waals surface area contributed by atoms with Crippen molar-refractivity contribution in [1.29, 1.82) is 0 Å². The average molecular weight is 421 g/mol. The van der Waals surface area contributed by atoms with Gasteiger partial charge in [0.15, 0.2) is 18.1 Å². The molecule has 1 heterocycles. The molecular formula is C20H17F2NO7. The van der Waals surface area contributed by atoms with Crippen LogP contribution in [0, 0.1) is 0 Å². The molecule has 2 aromatic carbocycles. The summed E-state index contributed by atoms with van der Waals surface area (Å²) < 4.78 is 44.1. The van der Waals surface area contributed by atoms with Gasteiger partial charge in [0, 0.05) is 5.56 Å². The number of rotatable bonds is 7. The number of amides is 2. The molecule has 0 saturated heterocycles. The SMILES string of the molecule is O=C(COC(=O)Cc1ccc2c(c1)OCCO2)NC(=O)c1ccc(OC(F)F)cc1. The number of carbonyl (C=O) groups excluding carboxylic acids is 3. The van der Waals surface area contributed by atoms with Gasteiger partial charge in [0.25, 0.3) is 11.8 Å². The van der Waals surface area contributed by atoms with Crippen molar-refractivity contribution in [2.75, 3.05) is 19.8 Å². The first-order valence-corrected chi connectivity index (χ1v) is 8.84. The van der Waals surface area contributed by atoms with Crippen LogP contribution < -0.4 is 19.5 Å². The molecule has 0 bridgehead atoms. The molecule has 30 heavy (non-hydrogen) atoms. The minimum Gasteiger partial charge on any atom is -0.486 e. The summed E-state index contributed by atoms with van der Waals surface area (Å²) in [6.45, 7) is -2.77. The van der Waals surface area contributed by atoms with Crippen LogP contribution in [0.2, 0.25) is 0 Å². The van der Waals surface area contributed by atoms with Crippen molar-refractivity contribution >= 4 is 17.8 Å². The van der Waals surface area contributed by atoms with Crippen LogP contribution in [0.1, 0.15) is 15.9 Å². The van der Waals surface area contributed by atoms with E-state index in [0.29, 0.717) is 30.3 Å². The van der Waals surface area contributed by atoms with E-state index in [2.05, 4.69) is 4.74 Å². The van der Waals surface area contributed by atoms with Crippen LogP contribution in [0.5, 0.6) is 17.2 Å². The fourth-order valence-corrected chi connectivity index (χ4v) is 2.58.